The minimum Gasteiger partial charge on any atom is -0.386 e. The summed E-state index contributed by atoms with van der Waals surface area (Å²) < 4.78 is 6.72. The molecule has 0 aliphatic carbocycles. The van der Waals surface area contributed by atoms with E-state index >= 15 is 0 Å². The topological polar surface area (TPSA) is 113 Å². The van der Waals surface area contributed by atoms with Crippen LogP contribution in [0.15, 0.2) is 20.9 Å². The smallest absolute Gasteiger partial charge is 0.325 e. The van der Waals surface area contributed by atoms with Crippen molar-refractivity contribution in [2.24, 2.45) is 5.11 Å². The Morgan fingerprint density at radius 2 is 2.39 bits per heavy atom. The zero-order valence-corrected chi connectivity index (χ0v) is 12.4. The van der Waals surface area contributed by atoms with Crippen molar-refractivity contribution in [3.63, 3.8) is 0 Å². The molecule has 9 heteroatoms. The summed E-state index contributed by atoms with van der Waals surface area (Å²) in [4.78, 5) is 27.2. The molecule has 93 valence electrons. The van der Waals surface area contributed by atoms with Gasteiger partial charge in [-0.1, -0.05) is 5.11 Å². The zero-order valence-electron chi connectivity index (χ0n) is 9.61. The van der Waals surface area contributed by atoms with E-state index in [2.05, 4.69) is 21.1 Å². The van der Waals surface area contributed by atoms with Crippen LogP contribution in [0.25, 0.3) is 10.4 Å². The fraction of sp³-hybridized carbons (Fsp3) is 0.556. The predicted molar refractivity (Wildman–Crippen MR) is 57.3 cm³/mol. The molecular formula is C9H10N5O3Y-. The minimum atomic E-state index is -0.580. The van der Waals surface area contributed by atoms with Crippen LogP contribution in [0.5, 0.6) is 0 Å². The van der Waals surface area contributed by atoms with Crippen LogP contribution in [0.4, 0.5) is 0 Å². The van der Waals surface area contributed by atoms with E-state index < -0.39 is 17.5 Å². The van der Waals surface area contributed by atoms with Crippen molar-refractivity contribution in [1.82, 2.24) is 9.55 Å². The Hall–Kier alpha value is -0.946. The molecule has 1 N–H and O–H groups in total. The Bertz CT molecular complexity index is 576. The van der Waals surface area contributed by atoms with E-state index in [9.17, 15) is 9.59 Å². The van der Waals surface area contributed by atoms with E-state index in [1.807, 2.05) is 0 Å². The van der Waals surface area contributed by atoms with Crippen LogP contribution in [0.3, 0.4) is 0 Å². The first kappa shape index (κ1) is 15.1. The SMILES string of the molecule is CC1OC(n2c[c-]c(=O)[nH]c2=O)CC1N=[N+]=[N-].[Y]. The van der Waals surface area contributed by atoms with Gasteiger partial charge in [0.25, 0.3) is 0 Å². The molecule has 18 heavy (non-hydrogen) atoms. The van der Waals surface area contributed by atoms with Gasteiger partial charge in [-0.25, -0.2) is 4.79 Å². The van der Waals surface area contributed by atoms with Crippen LogP contribution in [-0.4, -0.2) is 21.7 Å². The molecule has 0 spiro atoms. The average molecular weight is 325 g/mol. The first-order valence-corrected chi connectivity index (χ1v) is 5.04. The molecule has 8 nitrogen and oxygen atoms in total. The standard InChI is InChI=1S/C9H10N5O3.Y/c1-5-6(12-13-10)4-8(17-5)14-3-2-7(15)11-9(14)16;/h3,5-6,8H,4H2,1H3,(H,11,15,16);/q-1;. The summed E-state index contributed by atoms with van der Waals surface area (Å²) in [5.41, 5.74) is 7.23. The first-order valence-electron chi connectivity index (χ1n) is 5.04. The molecule has 1 saturated heterocycles. The van der Waals surface area contributed by atoms with E-state index in [0.29, 0.717) is 6.42 Å². The van der Waals surface area contributed by atoms with Gasteiger partial charge in [-0.15, -0.1) is 0 Å². The average Bonchev–Trinajstić information content (AvgIpc) is 2.60. The Kier molecular flexibility index (Phi) is 5.28. The van der Waals surface area contributed by atoms with Crippen molar-refractivity contribution in [1.29, 1.82) is 0 Å². The van der Waals surface area contributed by atoms with Gasteiger partial charge in [0.05, 0.1) is 17.7 Å². The van der Waals surface area contributed by atoms with Gasteiger partial charge in [-0.3, -0.25) is 0 Å². The maximum Gasteiger partial charge on any atom is 0.325 e. The molecular weight excluding hydrogens is 315 g/mol. The van der Waals surface area contributed by atoms with Crippen LogP contribution >= 0.6 is 0 Å². The molecule has 1 aromatic heterocycles. The molecule has 0 bridgehead atoms. The summed E-state index contributed by atoms with van der Waals surface area (Å²) in [5.74, 6) is 0. The predicted octanol–water partition coefficient (Wildman–Crippen LogP) is 0.321. The molecule has 1 aromatic rings. The molecule has 3 atom stereocenters. The Balaban J connectivity index is 0.00000162. The quantitative estimate of drug-likeness (QED) is 0.365. The largest absolute Gasteiger partial charge is 0.386 e. The molecule has 0 saturated carbocycles. The third-order valence-electron chi connectivity index (χ3n) is 2.66. The van der Waals surface area contributed by atoms with Crippen molar-refractivity contribution in [3.8, 4) is 0 Å². The number of hydrogen-bond donors (Lipinski definition) is 1. The maximum absolute atomic E-state index is 11.5. The zero-order chi connectivity index (χ0) is 12.4. The van der Waals surface area contributed by atoms with Crippen LogP contribution in [0.1, 0.15) is 19.6 Å². The van der Waals surface area contributed by atoms with Gasteiger partial charge in [0.1, 0.15) is 6.23 Å². The number of nitrogens with zero attached hydrogens (tertiary/aromatic N) is 4. The molecule has 1 fully saturated rings. The van der Waals surface area contributed by atoms with Gasteiger partial charge in [0.2, 0.25) is 0 Å². The second-order valence-corrected chi connectivity index (χ2v) is 3.74. The van der Waals surface area contributed by atoms with Crippen molar-refractivity contribution in [3.05, 3.63) is 43.5 Å². The molecule has 0 amide bonds. The molecule has 0 aromatic carbocycles. The molecule has 2 rings (SSSR count). The van der Waals surface area contributed by atoms with Crippen molar-refractivity contribution >= 4 is 0 Å². The Morgan fingerprint density at radius 3 is 3.00 bits per heavy atom. The fourth-order valence-electron chi connectivity index (χ4n) is 1.78. The van der Waals surface area contributed by atoms with E-state index in [4.69, 9.17) is 10.3 Å². The Labute approximate surface area is 127 Å². The number of hydrogen-bond acceptors (Lipinski definition) is 4. The van der Waals surface area contributed by atoms with E-state index in [1.165, 1.54) is 10.8 Å². The van der Waals surface area contributed by atoms with Gasteiger partial charge in [0, 0.05) is 44.0 Å². The summed E-state index contributed by atoms with van der Waals surface area (Å²) >= 11 is 0. The fourth-order valence-corrected chi connectivity index (χ4v) is 1.78. The third-order valence-corrected chi connectivity index (χ3v) is 2.66. The van der Waals surface area contributed by atoms with E-state index in [-0.39, 0.29) is 44.9 Å². The molecule has 1 aliphatic heterocycles. The number of aromatic nitrogens is 2. The van der Waals surface area contributed by atoms with E-state index in [1.54, 1.807) is 6.92 Å². The number of azide groups is 1. The third kappa shape index (κ3) is 3.08. The van der Waals surface area contributed by atoms with Gasteiger partial charge >= 0.3 is 5.69 Å². The number of nitrogens with one attached hydrogen (secondary N) is 1. The van der Waals surface area contributed by atoms with Crippen LogP contribution in [-0.2, 0) is 37.4 Å². The van der Waals surface area contributed by atoms with Crippen LogP contribution in [0, 0.1) is 6.07 Å². The Morgan fingerprint density at radius 1 is 1.67 bits per heavy atom. The first-order chi connectivity index (χ1) is 8.11. The second-order valence-electron chi connectivity index (χ2n) is 3.74. The van der Waals surface area contributed by atoms with Gasteiger partial charge in [-0.05, 0) is 12.5 Å². The van der Waals surface area contributed by atoms with Gasteiger partial charge in [0.15, 0.2) is 0 Å². The van der Waals surface area contributed by atoms with Gasteiger partial charge < -0.3 is 25.1 Å². The molecule has 1 aliphatic rings. The van der Waals surface area contributed by atoms with Crippen molar-refractivity contribution in [2.75, 3.05) is 0 Å². The summed E-state index contributed by atoms with van der Waals surface area (Å²) in [6.07, 6.45) is 0.831. The molecule has 3 unspecified atom stereocenters. The molecule has 2 heterocycles. The maximum atomic E-state index is 11.5. The summed E-state index contributed by atoms with van der Waals surface area (Å²) in [5, 5.41) is 3.59. The number of ether oxygens (including phenoxy) is 1. The van der Waals surface area contributed by atoms with Crippen LogP contribution in [0.2, 0.25) is 0 Å². The summed E-state index contributed by atoms with van der Waals surface area (Å²) in [6, 6.07) is 2.03. The van der Waals surface area contributed by atoms with Crippen LogP contribution < -0.4 is 11.2 Å². The summed E-state index contributed by atoms with van der Waals surface area (Å²) in [7, 11) is 0. The number of aromatic amines is 1. The van der Waals surface area contributed by atoms with Crippen molar-refractivity contribution in [2.45, 2.75) is 31.7 Å². The number of H-pyrrole nitrogens is 1. The number of rotatable bonds is 2. The van der Waals surface area contributed by atoms with Crippen molar-refractivity contribution < 1.29 is 37.4 Å². The van der Waals surface area contributed by atoms with Gasteiger partial charge in [-0.2, -0.15) is 6.20 Å². The monoisotopic (exact) mass is 325 g/mol. The normalized spacial score (nSPS) is 26.2. The molecule has 1 radical (unpaired) electrons. The summed E-state index contributed by atoms with van der Waals surface area (Å²) in [6.45, 7) is 1.76. The second kappa shape index (κ2) is 6.29. The minimum absolute atomic E-state index is 0. The van der Waals surface area contributed by atoms with E-state index in [0.717, 1.165) is 0 Å².